The molecular formula is C15H16N2O2. The first-order valence-corrected chi connectivity index (χ1v) is 6.56. The van der Waals surface area contributed by atoms with E-state index in [1.807, 2.05) is 18.3 Å². The molecule has 0 fully saturated rings. The van der Waals surface area contributed by atoms with E-state index in [-0.39, 0.29) is 0 Å². The van der Waals surface area contributed by atoms with Crippen LogP contribution in [0.4, 0.5) is 0 Å². The minimum absolute atomic E-state index is 0.314. The van der Waals surface area contributed by atoms with Gasteiger partial charge in [-0.3, -0.25) is 0 Å². The van der Waals surface area contributed by atoms with Gasteiger partial charge in [-0.25, -0.2) is 9.78 Å². The van der Waals surface area contributed by atoms with Crippen molar-refractivity contribution in [1.29, 1.82) is 0 Å². The van der Waals surface area contributed by atoms with E-state index in [0.717, 1.165) is 18.8 Å². The molecule has 1 atom stereocenters. The molecule has 0 aliphatic carbocycles. The Balaban J connectivity index is 2.16. The van der Waals surface area contributed by atoms with Gasteiger partial charge in [-0.15, -0.1) is 0 Å². The van der Waals surface area contributed by atoms with Gasteiger partial charge in [0.1, 0.15) is 5.82 Å². The summed E-state index contributed by atoms with van der Waals surface area (Å²) in [5, 5.41) is 9.28. The fraction of sp³-hybridized carbons (Fsp3) is 0.333. The summed E-state index contributed by atoms with van der Waals surface area (Å²) in [6.45, 7) is 3.11. The van der Waals surface area contributed by atoms with Gasteiger partial charge in [0.2, 0.25) is 0 Å². The number of fused-ring (bicyclic) bond motifs is 1. The van der Waals surface area contributed by atoms with Gasteiger partial charge in [-0.2, -0.15) is 0 Å². The van der Waals surface area contributed by atoms with Gasteiger partial charge in [0.15, 0.2) is 0 Å². The number of aromatic nitrogens is 2. The van der Waals surface area contributed by atoms with Crippen molar-refractivity contribution < 1.29 is 9.90 Å². The van der Waals surface area contributed by atoms with Crippen LogP contribution in [-0.4, -0.2) is 20.6 Å². The molecule has 0 saturated heterocycles. The largest absolute Gasteiger partial charge is 0.478 e. The molecule has 0 radical (unpaired) electrons. The topological polar surface area (TPSA) is 55.1 Å². The highest BCUT2D eigenvalue weighted by Crippen LogP contribution is 2.32. The zero-order chi connectivity index (χ0) is 13.4. The third-order valence-electron chi connectivity index (χ3n) is 3.81. The number of carboxylic acids is 1. The van der Waals surface area contributed by atoms with Crippen LogP contribution in [0.1, 0.15) is 41.7 Å². The normalized spacial score (nSPS) is 18.1. The molecule has 1 N–H and O–H groups in total. The van der Waals surface area contributed by atoms with Crippen molar-refractivity contribution in [2.75, 3.05) is 0 Å². The van der Waals surface area contributed by atoms with Crippen LogP contribution >= 0.6 is 0 Å². The van der Waals surface area contributed by atoms with E-state index in [2.05, 4.69) is 16.5 Å². The summed E-state index contributed by atoms with van der Waals surface area (Å²) in [5.74, 6) is 0.364. The van der Waals surface area contributed by atoms with Crippen LogP contribution in [0.2, 0.25) is 0 Å². The highest BCUT2D eigenvalue weighted by atomic mass is 16.4. The number of benzene rings is 1. The number of imidazole rings is 1. The van der Waals surface area contributed by atoms with Crippen LogP contribution in [-0.2, 0) is 6.54 Å². The van der Waals surface area contributed by atoms with Crippen molar-refractivity contribution in [3.8, 4) is 11.4 Å². The lowest BCUT2D eigenvalue weighted by atomic mass is 9.98. The van der Waals surface area contributed by atoms with Crippen LogP contribution in [0.5, 0.6) is 0 Å². The van der Waals surface area contributed by atoms with Gasteiger partial charge in [0.25, 0.3) is 0 Å². The maximum atomic E-state index is 11.3. The van der Waals surface area contributed by atoms with Crippen molar-refractivity contribution >= 4 is 5.97 Å². The Bertz CT molecular complexity index is 631. The lowest BCUT2D eigenvalue weighted by Gasteiger charge is -2.22. The summed E-state index contributed by atoms with van der Waals surface area (Å²) in [6.07, 6.45) is 4.18. The van der Waals surface area contributed by atoms with E-state index >= 15 is 0 Å². The smallest absolute Gasteiger partial charge is 0.336 e. The predicted octanol–water partition coefficient (Wildman–Crippen LogP) is 3.15. The Kier molecular flexibility index (Phi) is 2.85. The highest BCUT2D eigenvalue weighted by molar-refractivity contribution is 5.95. The summed E-state index contributed by atoms with van der Waals surface area (Å²) in [7, 11) is 0. The van der Waals surface area contributed by atoms with Crippen molar-refractivity contribution in [1.82, 2.24) is 9.55 Å². The molecule has 3 rings (SSSR count). The third-order valence-corrected chi connectivity index (χ3v) is 3.81. The molecule has 2 heterocycles. The van der Waals surface area contributed by atoms with Crippen molar-refractivity contribution in [2.45, 2.75) is 32.2 Å². The first-order valence-electron chi connectivity index (χ1n) is 6.56. The summed E-state index contributed by atoms with van der Waals surface area (Å²) < 4.78 is 2.16. The zero-order valence-electron chi connectivity index (χ0n) is 10.8. The van der Waals surface area contributed by atoms with E-state index in [9.17, 15) is 9.90 Å². The molecule has 4 heteroatoms. The molecule has 0 saturated carbocycles. The second-order valence-corrected chi connectivity index (χ2v) is 5.05. The van der Waals surface area contributed by atoms with Crippen LogP contribution in [0, 0.1) is 0 Å². The maximum Gasteiger partial charge on any atom is 0.336 e. The van der Waals surface area contributed by atoms with Gasteiger partial charge >= 0.3 is 5.97 Å². The molecule has 1 unspecified atom stereocenters. The van der Waals surface area contributed by atoms with E-state index in [0.29, 0.717) is 17.0 Å². The molecular weight excluding hydrogens is 240 g/mol. The molecule has 1 aromatic carbocycles. The number of carboxylic acid groups (broad SMARTS) is 1. The van der Waals surface area contributed by atoms with Crippen LogP contribution in [0.15, 0.2) is 30.5 Å². The summed E-state index contributed by atoms with van der Waals surface area (Å²) >= 11 is 0. The van der Waals surface area contributed by atoms with Crippen molar-refractivity contribution in [3.63, 3.8) is 0 Å². The number of rotatable bonds is 2. The molecule has 1 aliphatic heterocycles. The molecule has 0 amide bonds. The average molecular weight is 256 g/mol. The maximum absolute atomic E-state index is 11.3. The minimum atomic E-state index is -0.906. The monoisotopic (exact) mass is 256 g/mol. The number of aromatic carboxylic acids is 1. The van der Waals surface area contributed by atoms with Crippen molar-refractivity contribution in [2.24, 2.45) is 0 Å². The highest BCUT2D eigenvalue weighted by Gasteiger charge is 2.22. The number of hydrogen-bond donors (Lipinski definition) is 1. The van der Waals surface area contributed by atoms with Crippen LogP contribution in [0.25, 0.3) is 11.4 Å². The molecule has 1 aliphatic rings. The van der Waals surface area contributed by atoms with Gasteiger partial charge in [0, 0.05) is 24.0 Å². The van der Waals surface area contributed by atoms with E-state index < -0.39 is 5.97 Å². The SMILES string of the molecule is CC1CCCn2c1cnc2-c1ccccc1C(=O)O. The zero-order valence-corrected chi connectivity index (χ0v) is 10.8. The number of carbonyl (C=O) groups is 1. The van der Waals surface area contributed by atoms with Crippen LogP contribution in [0.3, 0.4) is 0 Å². The Morgan fingerprint density at radius 1 is 1.42 bits per heavy atom. The molecule has 1 aromatic heterocycles. The first kappa shape index (κ1) is 12.0. The average Bonchev–Trinajstić information content (AvgIpc) is 2.84. The summed E-state index contributed by atoms with van der Waals surface area (Å²) in [4.78, 5) is 15.8. The van der Waals surface area contributed by atoms with Crippen molar-refractivity contribution in [3.05, 3.63) is 41.7 Å². The Morgan fingerprint density at radius 2 is 2.21 bits per heavy atom. The Hall–Kier alpha value is -2.10. The first-order chi connectivity index (χ1) is 9.18. The molecule has 0 spiro atoms. The standard InChI is InChI=1S/C15H16N2O2/c1-10-5-4-8-17-13(10)9-16-14(17)11-6-2-3-7-12(11)15(18)19/h2-3,6-7,9-10H,4-5,8H2,1H3,(H,18,19). The van der Waals surface area contributed by atoms with Gasteiger partial charge in [0.05, 0.1) is 5.56 Å². The molecule has 4 nitrogen and oxygen atoms in total. The fourth-order valence-electron chi connectivity index (χ4n) is 2.80. The van der Waals surface area contributed by atoms with Gasteiger partial charge < -0.3 is 9.67 Å². The van der Waals surface area contributed by atoms with Gasteiger partial charge in [-0.1, -0.05) is 25.1 Å². The lowest BCUT2D eigenvalue weighted by Crippen LogP contribution is -2.14. The number of nitrogens with zero attached hydrogens (tertiary/aromatic N) is 2. The fourth-order valence-corrected chi connectivity index (χ4v) is 2.80. The Morgan fingerprint density at radius 3 is 3.00 bits per heavy atom. The lowest BCUT2D eigenvalue weighted by molar-refractivity contribution is 0.0697. The number of hydrogen-bond acceptors (Lipinski definition) is 2. The van der Waals surface area contributed by atoms with Crippen LogP contribution < -0.4 is 0 Å². The molecule has 19 heavy (non-hydrogen) atoms. The van der Waals surface area contributed by atoms with E-state index in [1.165, 1.54) is 12.1 Å². The molecule has 0 bridgehead atoms. The third kappa shape index (κ3) is 1.93. The summed E-state index contributed by atoms with van der Waals surface area (Å²) in [5.41, 5.74) is 2.23. The minimum Gasteiger partial charge on any atom is -0.478 e. The quantitative estimate of drug-likeness (QED) is 0.898. The second kappa shape index (κ2) is 4.53. The summed E-state index contributed by atoms with van der Waals surface area (Å²) in [6, 6.07) is 7.06. The van der Waals surface area contributed by atoms with E-state index in [1.54, 1.807) is 12.1 Å². The Labute approximate surface area is 111 Å². The predicted molar refractivity (Wildman–Crippen MR) is 72.3 cm³/mol. The van der Waals surface area contributed by atoms with E-state index in [4.69, 9.17) is 0 Å². The molecule has 2 aromatic rings. The second-order valence-electron chi connectivity index (χ2n) is 5.05. The van der Waals surface area contributed by atoms with Gasteiger partial charge in [-0.05, 0) is 24.8 Å². The molecule has 98 valence electrons.